The van der Waals surface area contributed by atoms with Crippen LogP contribution in [0.5, 0.6) is 0 Å². The second-order valence-electron chi connectivity index (χ2n) is 6.68. The maximum absolute atomic E-state index is 12.3. The molecule has 0 radical (unpaired) electrons. The molecule has 0 bridgehead atoms. The van der Waals surface area contributed by atoms with E-state index in [9.17, 15) is 4.79 Å². The molecule has 0 atom stereocenters. The summed E-state index contributed by atoms with van der Waals surface area (Å²) in [5.41, 5.74) is 0.497. The summed E-state index contributed by atoms with van der Waals surface area (Å²) in [5.74, 6) is 2.93. The Hall–Kier alpha value is -1.86. The van der Waals surface area contributed by atoms with Crippen LogP contribution in [0.25, 0.3) is 10.9 Å². The van der Waals surface area contributed by atoms with Crippen molar-refractivity contribution < 1.29 is 0 Å². The number of aromatic amines is 1. The normalized spacial score (nSPS) is 17.3. The highest BCUT2D eigenvalue weighted by molar-refractivity contribution is 7.98. The number of nitrogens with zero attached hydrogens (tertiary/aromatic N) is 4. The third-order valence-electron chi connectivity index (χ3n) is 4.60. The summed E-state index contributed by atoms with van der Waals surface area (Å²) in [4.78, 5) is 19.6. The van der Waals surface area contributed by atoms with Crippen LogP contribution < -0.4 is 5.56 Å². The lowest BCUT2D eigenvalue weighted by Crippen LogP contribution is -2.11. The van der Waals surface area contributed by atoms with Crippen LogP contribution in [0.2, 0.25) is 5.02 Å². The highest BCUT2D eigenvalue weighted by Gasteiger charge is 2.36. The monoisotopic (exact) mass is 373 g/mol. The van der Waals surface area contributed by atoms with Gasteiger partial charge in [-0.25, -0.2) is 4.98 Å². The van der Waals surface area contributed by atoms with Crippen molar-refractivity contribution in [2.45, 2.75) is 48.6 Å². The lowest BCUT2D eigenvalue weighted by molar-refractivity contribution is 0.626. The minimum absolute atomic E-state index is 0.162. The Kier molecular flexibility index (Phi) is 3.60. The largest absolute Gasteiger partial charge is 0.309 e. The van der Waals surface area contributed by atoms with Gasteiger partial charge in [0.25, 0.3) is 5.56 Å². The molecule has 2 aliphatic rings. The highest BCUT2D eigenvalue weighted by Crippen LogP contribution is 2.46. The van der Waals surface area contributed by atoms with Gasteiger partial charge in [-0.2, -0.15) is 0 Å². The standard InChI is InChI=1S/C17H16ClN5OS/c18-10-3-6-13-12(7-10)16(24)20-14(19-13)8-25-17-22-21-15(9-1-2-9)23(17)11-4-5-11/h3,6-7,9,11H,1-2,4-5,8H2,(H,19,20,24). The molecule has 2 fully saturated rings. The van der Waals surface area contributed by atoms with E-state index < -0.39 is 0 Å². The lowest BCUT2D eigenvalue weighted by Gasteiger charge is -2.08. The number of benzene rings is 1. The van der Waals surface area contributed by atoms with Crippen molar-refractivity contribution in [3.05, 3.63) is 45.2 Å². The molecule has 0 aliphatic heterocycles. The molecule has 1 aromatic carbocycles. The molecule has 2 saturated carbocycles. The summed E-state index contributed by atoms with van der Waals surface area (Å²) in [6.45, 7) is 0. The summed E-state index contributed by atoms with van der Waals surface area (Å²) in [7, 11) is 0. The van der Waals surface area contributed by atoms with Gasteiger partial charge in [-0.05, 0) is 43.9 Å². The minimum atomic E-state index is -0.162. The van der Waals surface area contributed by atoms with Gasteiger partial charge >= 0.3 is 0 Å². The zero-order valence-electron chi connectivity index (χ0n) is 13.4. The van der Waals surface area contributed by atoms with Gasteiger partial charge in [0.2, 0.25) is 0 Å². The smallest absolute Gasteiger partial charge is 0.258 e. The van der Waals surface area contributed by atoms with E-state index in [0.717, 1.165) is 11.0 Å². The van der Waals surface area contributed by atoms with Gasteiger partial charge < -0.3 is 9.55 Å². The van der Waals surface area contributed by atoms with E-state index in [-0.39, 0.29) is 5.56 Å². The maximum atomic E-state index is 12.3. The van der Waals surface area contributed by atoms with E-state index >= 15 is 0 Å². The van der Waals surface area contributed by atoms with E-state index in [1.807, 2.05) is 0 Å². The quantitative estimate of drug-likeness (QED) is 0.690. The number of hydrogen-bond acceptors (Lipinski definition) is 5. The molecule has 25 heavy (non-hydrogen) atoms. The molecule has 5 rings (SSSR count). The average molecular weight is 374 g/mol. The predicted octanol–water partition coefficient (Wildman–Crippen LogP) is 3.67. The number of aromatic nitrogens is 5. The summed E-state index contributed by atoms with van der Waals surface area (Å²) in [5, 5.41) is 10.8. The predicted molar refractivity (Wildman–Crippen MR) is 97.2 cm³/mol. The van der Waals surface area contributed by atoms with Crippen LogP contribution in [-0.2, 0) is 5.75 Å². The summed E-state index contributed by atoms with van der Waals surface area (Å²) in [6, 6.07) is 5.72. The first kappa shape index (κ1) is 15.4. The molecule has 0 unspecified atom stereocenters. The van der Waals surface area contributed by atoms with Gasteiger partial charge in [-0.3, -0.25) is 4.79 Å². The molecule has 2 heterocycles. The Morgan fingerprint density at radius 1 is 1.24 bits per heavy atom. The van der Waals surface area contributed by atoms with Crippen molar-refractivity contribution in [2.75, 3.05) is 0 Å². The Bertz CT molecular complexity index is 1020. The van der Waals surface area contributed by atoms with Crippen LogP contribution in [0.1, 0.15) is 49.3 Å². The maximum Gasteiger partial charge on any atom is 0.258 e. The van der Waals surface area contributed by atoms with Gasteiger partial charge in [0.15, 0.2) is 5.16 Å². The van der Waals surface area contributed by atoms with Crippen LogP contribution in [0.4, 0.5) is 0 Å². The van der Waals surface area contributed by atoms with E-state index in [1.165, 1.54) is 25.7 Å². The molecule has 0 amide bonds. The summed E-state index contributed by atoms with van der Waals surface area (Å²) < 4.78 is 2.31. The van der Waals surface area contributed by atoms with Crippen LogP contribution in [0.15, 0.2) is 28.2 Å². The van der Waals surface area contributed by atoms with Gasteiger partial charge in [0, 0.05) is 17.0 Å². The van der Waals surface area contributed by atoms with Crippen molar-refractivity contribution in [1.82, 2.24) is 24.7 Å². The first-order valence-electron chi connectivity index (χ1n) is 8.45. The average Bonchev–Trinajstić information content (AvgIpc) is 3.52. The lowest BCUT2D eigenvalue weighted by atomic mass is 10.2. The Morgan fingerprint density at radius 2 is 2.08 bits per heavy atom. The van der Waals surface area contributed by atoms with Gasteiger partial charge in [0.1, 0.15) is 11.6 Å². The molecule has 0 spiro atoms. The zero-order valence-corrected chi connectivity index (χ0v) is 15.0. The number of rotatable bonds is 5. The van der Waals surface area contributed by atoms with Gasteiger partial charge in [0.05, 0.1) is 16.7 Å². The van der Waals surface area contributed by atoms with E-state index in [1.54, 1.807) is 30.0 Å². The third kappa shape index (κ3) is 2.95. The molecular weight excluding hydrogens is 358 g/mol. The summed E-state index contributed by atoms with van der Waals surface area (Å²) >= 11 is 7.54. The van der Waals surface area contributed by atoms with E-state index in [4.69, 9.17) is 11.6 Å². The van der Waals surface area contributed by atoms with Crippen LogP contribution >= 0.6 is 23.4 Å². The SMILES string of the molecule is O=c1[nH]c(CSc2nnc(C3CC3)n2C2CC2)nc2ccc(Cl)cc12. The van der Waals surface area contributed by atoms with Crippen molar-refractivity contribution in [3.8, 4) is 0 Å². The molecule has 3 aromatic rings. The van der Waals surface area contributed by atoms with Gasteiger partial charge in [-0.1, -0.05) is 23.4 Å². The van der Waals surface area contributed by atoms with Crippen LogP contribution in [0.3, 0.4) is 0 Å². The zero-order chi connectivity index (χ0) is 17.0. The fourth-order valence-corrected chi connectivity index (χ4v) is 4.10. The second-order valence-corrected chi connectivity index (χ2v) is 8.06. The topological polar surface area (TPSA) is 76.5 Å². The Balaban J connectivity index is 1.42. The molecule has 8 heteroatoms. The third-order valence-corrected chi connectivity index (χ3v) is 5.79. The van der Waals surface area contributed by atoms with Crippen molar-refractivity contribution >= 4 is 34.3 Å². The Labute approximate surface area is 153 Å². The van der Waals surface area contributed by atoms with Crippen LogP contribution in [0, 0.1) is 0 Å². The Morgan fingerprint density at radius 3 is 2.84 bits per heavy atom. The van der Waals surface area contributed by atoms with Crippen molar-refractivity contribution in [2.24, 2.45) is 0 Å². The molecule has 1 N–H and O–H groups in total. The van der Waals surface area contributed by atoms with E-state index in [0.29, 0.717) is 39.5 Å². The van der Waals surface area contributed by atoms with Gasteiger partial charge in [-0.15, -0.1) is 10.2 Å². The fourth-order valence-electron chi connectivity index (χ4n) is 3.04. The van der Waals surface area contributed by atoms with E-state index in [2.05, 4.69) is 24.7 Å². The molecule has 2 aliphatic carbocycles. The second kappa shape index (κ2) is 5.85. The number of fused-ring (bicyclic) bond motifs is 1. The minimum Gasteiger partial charge on any atom is -0.309 e. The highest BCUT2D eigenvalue weighted by atomic mass is 35.5. The number of thioether (sulfide) groups is 1. The number of halogens is 1. The first-order valence-corrected chi connectivity index (χ1v) is 9.81. The van der Waals surface area contributed by atoms with Crippen molar-refractivity contribution in [3.63, 3.8) is 0 Å². The molecule has 6 nitrogen and oxygen atoms in total. The van der Waals surface area contributed by atoms with Crippen molar-refractivity contribution in [1.29, 1.82) is 0 Å². The van der Waals surface area contributed by atoms with Crippen LogP contribution in [-0.4, -0.2) is 24.7 Å². The molecule has 128 valence electrons. The summed E-state index contributed by atoms with van der Waals surface area (Å²) in [6.07, 6.45) is 4.85. The number of H-pyrrole nitrogens is 1. The number of hydrogen-bond donors (Lipinski definition) is 1. The first-order chi connectivity index (χ1) is 12.2. The molecule has 0 saturated heterocycles. The molecular formula is C17H16ClN5OS. The molecule has 2 aromatic heterocycles. The number of nitrogens with one attached hydrogen (secondary N) is 1. The fraction of sp³-hybridized carbons (Fsp3) is 0.412.